The molecule has 0 aromatic heterocycles. The Morgan fingerprint density at radius 2 is 1.60 bits per heavy atom. The summed E-state index contributed by atoms with van der Waals surface area (Å²) in [5, 5.41) is 2.75. The summed E-state index contributed by atoms with van der Waals surface area (Å²) in [5.74, 6) is -1.00. The molecule has 9 nitrogen and oxygen atoms in total. The summed E-state index contributed by atoms with van der Waals surface area (Å²) in [6.07, 6.45) is -3.55. The monoisotopic (exact) mass is 611 g/mol. The number of piperazine rings is 1. The lowest BCUT2D eigenvalue weighted by molar-refractivity contribution is -0.141. The van der Waals surface area contributed by atoms with Crippen molar-refractivity contribution in [1.82, 2.24) is 14.5 Å². The minimum Gasteiger partial charge on any atom is -0.469 e. The second-order valence-corrected chi connectivity index (χ2v) is 12.3. The molecule has 0 saturated carbocycles. The number of carbonyl (C=O) groups is 3. The topological polar surface area (TPSA) is 113 Å². The van der Waals surface area contributed by atoms with Crippen molar-refractivity contribution < 1.29 is 40.7 Å². The number of hydrogen-bond acceptors (Lipinski definition) is 6. The van der Waals surface area contributed by atoms with Crippen molar-refractivity contribution in [2.75, 3.05) is 26.7 Å². The second-order valence-electron chi connectivity index (χ2n) is 10.4. The van der Waals surface area contributed by atoms with E-state index < -0.39 is 33.7 Å². The van der Waals surface area contributed by atoms with Crippen molar-refractivity contribution in [3.8, 4) is 0 Å². The van der Waals surface area contributed by atoms with Gasteiger partial charge < -0.3 is 15.0 Å². The quantitative estimate of drug-likeness (QED) is 0.303. The third kappa shape index (κ3) is 8.54. The highest BCUT2D eigenvalue weighted by atomic mass is 32.2. The number of esters is 1. The van der Waals surface area contributed by atoms with Gasteiger partial charge in [-0.3, -0.25) is 14.4 Å². The Morgan fingerprint density at radius 3 is 2.17 bits per heavy atom. The molecule has 1 aliphatic heterocycles. The van der Waals surface area contributed by atoms with Crippen molar-refractivity contribution in [2.24, 2.45) is 0 Å². The van der Waals surface area contributed by atoms with Crippen molar-refractivity contribution >= 4 is 27.8 Å². The van der Waals surface area contributed by atoms with Crippen LogP contribution in [-0.2, 0) is 41.9 Å². The lowest BCUT2D eigenvalue weighted by atomic mass is 10.0. The fourth-order valence-electron chi connectivity index (χ4n) is 4.58. The standard InChI is InChI=1S/C29H36F3N3O6S/c1-20(2)22-10-8-21(9-11-22)18-33-28(38)25-19-34(26(36)6-4-5-7-27(37)41-3)16-17-35(25)42(39,40)24-14-12-23(13-15-24)29(30,31)32/h8-15,20,25H,4-7,16-19H2,1-3H3,(H,33,38). The lowest BCUT2D eigenvalue weighted by Crippen LogP contribution is -2.61. The van der Waals surface area contributed by atoms with E-state index in [2.05, 4.69) is 23.9 Å². The highest BCUT2D eigenvalue weighted by Gasteiger charge is 2.41. The summed E-state index contributed by atoms with van der Waals surface area (Å²) in [5.41, 5.74) is 0.910. The number of unbranched alkanes of at least 4 members (excludes halogenated alkanes) is 1. The van der Waals surface area contributed by atoms with Gasteiger partial charge in [0.1, 0.15) is 6.04 Å². The summed E-state index contributed by atoms with van der Waals surface area (Å²) in [6.45, 7) is 3.77. The molecule has 0 aliphatic carbocycles. The largest absolute Gasteiger partial charge is 0.469 e. The molecule has 1 aliphatic rings. The van der Waals surface area contributed by atoms with Crippen molar-refractivity contribution in [1.29, 1.82) is 0 Å². The van der Waals surface area contributed by atoms with E-state index >= 15 is 0 Å². The van der Waals surface area contributed by atoms with Gasteiger partial charge in [-0.2, -0.15) is 17.5 Å². The van der Waals surface area contributed by atoms with Crippen LogP contribution in [0, 0.1) is 0 Å². The third-order valence-corrected chi connectivity index (χ3v) is 9.06. The smallest absolute Gasteiger partial charge is 0.416 e. The number of methoxy groups -OCH3 is 1. The lowest BCUT2D eigenvalue weighted by Gasteiger charge is -2.39. The van der Waals surface area contributed by atoms with Crippen LogP contribution >= 0.6 is 0 Å². The van der Waals surface area contributed by atoms with E-state index in [4.69, 9.17) is 0 Å². The van der Waals surface area contributed by atoms with E-state index in [1.54, 1.807) is 0 Å². The van der Waals surface area contributed by atoms with Gasteiger partial charge in [-0.1, -0.05) is 38.1 Å². The number of hydrogen-bond donors (Lipinski definition) is 1. The predicted molar refractivity (Wildman–Crippen MR) is 149 cm³/mol. The molecule has 230 valence electrons. The zero-order valence-electron chi connectivity index (χ0n) is 23.8. The average Bonchev–Trinajstić information content (AvgIpc) is 2.97. The van der Waals surface area contributed by atoms with Crippen LogP contribution in [0.15, 0.2) is 53.4 Å². The van der Waals surface area contributed by atoms with Gasteiger partial charge in [0.15, 0.2) is 0 Å². The maximum Gasteiger partial charge on any atom is 0.416 e. The van der Waals surface area contributed by atoms with E-state index in [1.807, 2.05) is 24.3 Å². The van der Waals surface area contributed by atoms with Crippen LogP contribution in [0.5, 0.6) is 0 Å². The third-order valence-electron chi connectivity index (χ3n) is 7.14. The highest BCUT2D eigenvalue weighted by Crippen LogP contribution is 2.31. The SMILES string of the molecule is COC(=O)CCCCC(=O)N1CCN(S(=O)(=O)c2ccc(C(F)(F)F)cc2)C(C(=O)NCc2ccc(C(C)C)cc2)C1. The van der Waals surface area contributed by atoms with E-state index in [0.29, 0.717) is 30.9 Å². The van der Waals surface area contributed by atoms with E-state index in [-0.39, 0.29) is 55.8 Å². The Labute approximate surface area is 244 Å². The van der Waals surface area contributed by atoms with Crippen LogP contribution in [0.25, 0.3) is 0 Å². The molecular formula is C29H36F3N3O6S. The second kappa shape index (κ2) is 14.1. The maximum absolute atomic E-state index is 13.5. The number of nitrogens with one attached hydrogen (secondary N) is 1. The Kier molecular flexibility index (Phi) is 11.1. The molecule has 1 unspecified atom stereocenters. The van der Waals surface area contributed by atoms with Crippen LogP contribution in [0.3, 0.4) is 0 Å². The van der Waals surface area contributed by atoms with E-state index in [0.717, 1.165) is 27.6 Å². The molecule has 0 spiro atoms. The average molecular weight is 612 g/mol. The number of nitrogens with zero attached hydrogens (tertiary/aromatic N) is 2. The molecule has 3 rings (SSSR count). The maximum atomic E-state index is 13.5. The number of carbonyl (C=O) groups excluding carboxylic acids is 3. The fraction of sp³-hybridized carbons (Fsp3) is 0.483. The summed E-state index contributed by atoms with van der Waals surface area (Å²) in [6, 6.07) is 9.37. The predicted octanol–water partition coefficient (Wildman–Crippen LogP) is 4.08. The van der Waals surface area contributed by atoms with Crippen molar-refractivity contribution in [2.45, 2.75) is 69.1 Å². The Bertz CT molecular complexity index is 1350. The first-order valence-corrected chi connectivity index (χ1v) is 15.1. The molecule has 1 saturated heterocycles. The first-order valence-electron chi connectivity index (χ1n) is 13.6. The number of benzene rings is 2. The number of sulfonamides is 1. The summed E-state index contributed by atoms with van der Waals surface area (Å²) in [4.78, 5) is 38.6. The van der Waals surface area contributed by atoms with Gasteiger partial charge in [0.05, 0.1) is 17.6 Å². The Hall–Kier alpha value is -3.45. The molecule has 1 fully saturated rings. The number of halogens is 3. The number of amides is 2. The molecule has 2 amide bonds. The number of rotatable bonds is 11. The van der Waals surface area contributed by atoms with Crippen LogP contribution < -0.4 is 5.32 Å². The number of ether oxygens (including phenoxy) is 1. The zero-order chi connectivity index (χ0) is 31.1. The molecule has 1 heterocycles. The molecule has 2 aromatic carbocycles. The van der Waals surface area contributed by atoms with Gasteiger partial charge in [-0.05, 0) is 54.2 Å². The van der Waals surface area contributed by atoms with Gasteiger partial charge >= 0.3 is 12.1 Å². The minimum absolute atomic E-state index is 0.00383. The fourth-order valence-corrected chi connectivity index (χ4v) is 6.15. The van der Waals surface area contributed by atoms with E-state index in [1.165, 1.54) is 12.0 Å². The Morgan fingerprint density at radius 1 is 0.976 bits per heavy atom. The first-order chi connectivity index (χ1) is 19.7. The molecule has 1 N–H and O–H groups in total. The molecule has 2 aromatic rings. The highest BCUT2D eigenvalue weighted by molar-refractivity contribution is 7.89. The van der Waals surface area contributed by atoms with Gasteiger partial charge in [-0.25, -0.2) is 8.42 Å². The molecule has 13 heteroatoms. The van der Waals surface area contributed by atoms with Gasteiger partial charge in [0, 0.05) is 39.0 Å². The molecular weight excluding hydrogens is 575 g/mol. The van der Waals surface area contributed by atoms with E-state index in [9.17, 15) is 36.0 Å². The minimum atomic E-state index is -4.64. The van der Waals surface area contributed by atoms with Gasteiger partial charge in [0.2, 0.25) is 21.8 Å². The summed E-state index contributed by atoms with van der Waals surface area (Å²) in [7, 11) is -3.11. The first kappa shape index (κ1) is 33.1. The molecule has 0 radical (unpaired) electrons. The number of alkyl halides is 3. The van der Waals surface area contributed by atoms with Crippen LogP contribution in [0.2, 0.25) is 0 Å². The molecule has 0 bridgehead atoms. The summed E-state index contributed by atoms with van der Waals surface area (Å²) < 4.78 is 71.7. The normalized spacial score (nSPS) is 16.4. The van der Waals surface area contributed by atoms with Crippen LogP contribution in [0.4, 0.5) is 13.2 Å². The van der Waals surface area contributed by atoms with Gasteiger partial charge in [0.25, 0.3) is 0 Å². The Balaban J connectivity index is 1.78. The van der Waals surface area contributed by atoms with Crippen LogP contribution in [-0.4, -0.2) is 68.2 Å². The summed E-state index contributed by atoms with van der Waals surface area (Å²) >= 11 is 0. The molecule has 1 atom stereocenters. The van der Waals surface area contributed by atoms with Crippen molar-refractivity contribution in [3.05, 3.63) is 65.2 Å². The van der Waals surface area contributed by atoms with Crippen LogP contribution in [0.1, 0.15) is 62.1 Å². The molecule has 42 heavy (non-hydrogen) atoms. The zero-order valence-corrected chi connectivity index (χ0v) is 24.6. The van der Waals surface area contributed by atoms with Crippen molar-refractivity contribution in [3.63, 3.8) is 0 Å². The van der Waals surface area contributed by atoms with Gasteiger partial charge in [-0.15, -0.1) is 0 Å².